The Balaban J connectivity index is 2.74. The van der Waals surface area contributed by atoms with Crippen LogP contribution < -0.4 is 10.1 Å². The molecule has 19 heavy (non-hydrogen) atoms. The molecule has 2 N–H and O–H groups in total. The molecular formula is C14H16N2O3. The summed E-state index contributed by atoms with van der Waals surface area (Å²) >= 11 is 0. The second-order valence-corrected chi connectivity index (χ2v) is 3.67. The van der Waals surface area contributed by atoms with Crippen molar-refractivity contribution >= 4 is 11.6 Å². The first-order valence-corrected chi connectivity index (χ1v) is 5.86. The number of nitrogens with one attached hydrogen (secondary N) is 1. The van der Waals surface area contributed by atoms with E-state index in [2.05, 4.69) is 16.4 Å². The first-order chi connectivity index (χ1) is 9.22. The van der Waals surface area contributed by atoms with Gasteiger partial charge in [-0.15, -0.1) is 6.42 Å². The number of carbonyl (C=O) groups is 1. The average molecular weight is 260 g/mol. The molecule has 0 aliphatic rings. The van der Waals surface area contributed by atoms with E-state index in [0.29, 0.717) is 23.4 Å². The fourth-order valence-corrected chi connectivity index (χ4v) is 1.49. The van der Waals surface area contributed by atoms with Gasteiger partial charge in [0.1, 0.15) is 5.75 Å². The zero-order valence-corrected chi connectivity index (χ0v) is 10.7. The monoisotopic (exact) mass is 260 g/mol. The van der Waals surface area contributed by atoms with Gasteiger partial charge in [0.15, 0.2) is 6.61 Å². The second kappa shape index (κ2) is 7.77. The smallest absolute Gasteiger partial charge is 0.258 e. The number of para-hydroxylation sites is 1. The van der Waals surface area contributed by atoms with Crippen LogP contribution in [0.5, 0.6) is 5.75 Å². The van der Waals surface area contributed by atoms with E-state index in [-0.39, 0.29) is 19.1 Å². The molecular weight excluding hydrogens is 244 g/mol. The summed E-state index contributed by atoms with van der Waals surface area (Å²) in [6.45, 7) is 1.90. The Bertz CT molecular complexity index is 504. The van der Waals surface area contributed by atoms with Crippen LogP contribution in [0.15, 0.2) is 29.4 Å². The molecule has 0 aromatic heterocycles. The zero-order chi connectivity index (χ0) is 14.1. The van der Waals surface area contributed by atoms with Crippen LogP contribution in [0, 0.1) is 12.3 Å². The molecule has 0 saturated heterocycles. The number of carbonyl (C=O) groups excluding carboxylic acids is 1. The largest absolute Gasteiger partial charge is 0.483 e. The molecule has 1 aromatic rings. The van der Waals surface area contributed by atoms with Crippen LogP contribution in [0.4, 0.5) is 0 Å². The molecule has 100 valence electrons. The lowest BCUT2D eigenvalue weighted by atomic mass is 10.1. The van der Waals surface area contributed by atoms with E-state index in [9.17, 15) is 4.79 Å². The maximum atomic E-state index is 11.4. The number of hydrogen-bond donors (Lipinski definition) is 2. The molecule has 0 spiro atoms. The van der Waals surface area contributed by atoms with Crippen LogP contribution in [-0.4, -0.2) is 30.0 Å². The predicted molar refractivity (Wildman–Crippen MR) is 72.4 cm³/mol. The maximum absolute atomic E-state index is 11.4. The molecule has 1 amide bonds. The molecule has 0 atom stereocenters. The van der Waals surface area contributed by atoms with Crippen molar-refractivity contribution in [1.29, 1.82) is 0 Å². The average Bonchev–Trinajstić information content (AvgIpc) is 2.45. The molecule has 5 heteroatoms. The van der Waals surface area contributed by atoms with Crippen LogP contribution in [-0.2, 0) is 4.79 Å². The van der Waals surface area contributed by atoms with Crippen molar-refractivity contribution in [3.8, 4) is 18.1 Å². The maximum Gasteiger partial charge on any atom is 0.258 e. The lowest BCUT2D eigenvalue weighted by molar-refractivity contribution is -0.122. The van der Waals surface area contributed by atoms with Crippen molar-refractivity contribution in [2.75, 3.05) is 13.2 Å². The summed E-state index contributed by atoms with van der Waals surface area (Å²) in [6.07, 6.45) is 5.59. The lowest BCUT2D eigenvalue weighted by Crippen LogP contribution is -2.29. The van der Waals surface area contributed by atoms with Crippen molar-refractivity contribution in [3.63, 3.8) is 0 Å². The summed E-state index contributed by atoms with van der Waals surface area (Å²) < 4.78 is 5.41. The Morgan fingerprint density at radius 2 is 2.26 bits per heavy atom. The Morgan fingerprint density at radius 1 is 1.53 bits per heavy atom. The van der Waals surface area contributed by atoms with Gasteiger partial charge >= 0.3 is 0 Å². The van der Waals surface area contributed by atoms with Gasteiger partial charge in [-0.2, -0.15) is 0 Å². The van der Waals surface area contributed by atoms with Crippen LogP contribution in [0.3, 0.4) is 0 Å². The van der Waals surface area contributed by atoms with Gasteiger partial charge in [0.25, 0.3) is 5.91 Å². The minimum absolute atomic E-state index is 0.138. The van der Waals surface area contributed by atoms with E-state index in [4.69, 9.17) is 16.4 Å². The summed E-state index contributed by atoms with van der Waals surface area (Å²) in [7, 11) is 0. The second-order valence-electron chi connectivity index (χ2n) is 3.67. The first kappa shape index (κ1) is 14.6. The molecule has 1 rings (SSSR count). The van der Waals surface area contributed by atoms with E-state index in [1.54, 1.807) is 24.3 Å². The van der Waals surface area contributed by atoms with E-state index >= 15 is 0 Å². The Labute approximate surface area is 112 Å². The van der Waals surface area contributed by atoms with E-state index in [1.165, 1.54) is 0 Å². The number of hydrogen-bond acceptors (Lipinski definition) is 4. The third-order valence-electron chi connectivity index (χ3n) is 2.40. The highest BCUT2D eigenvalue weighted by molar-refractivity contribution is 6.02. The van der Waals surface area contributed by atoms with Gasteiger partial charge < -0.3 is 15.3 Å². The molecule has 1 aromatic carbocycles. The summed E-state index contributed by atoms with van der Waals surface area (Å²) in [5.41, 5.74) is 1.16. The predicted octanol–water partition coefficient (Wildman–Crippen LogP) is 1.40. The van der Waals surface area contributed by atoms with Gasteiger partial charge in [0.2, 0.25) is 0 Å². The molecule has 0 aliphatic heterocycles. The summed E-state index contributed by atoms with van der Waals surface area (Å²) in [5, 5.41) is 14.7. The Kier molecular flexibility index (Phi) is 5.96. The number of ether oxygens (including phenoxy) is 1. The molecule has 0 unspecified atom stereocenters. The quantitative estimate of drug-likeness (QED) is 0.351. The fraction of sp³-hybridized carbons (Fsp3) is 0.286. The number of rotatable bonds is 6. The molecule has 0 radical (unpaired) electrons. The van der Waals surface area contributed by atoms with E-state index in [0.717, 1.165) is 0 Å². The van der Waals surface area contributed by atoms with Gasteiger partial charge in [-0.05, 0) is 18.6 Å². The Morgan fingerprint density at radius 3 is 2.89 bits per heavy atom. The van der Waals surface area contributed by atoms with Crippen molar-refractivity contribution in [2.24, 2.45) is 5.16 Å². The lowest BCUT2D eigenvalue weighted by Gasteiger charge is -2.11. The van der Waals surface area contributed by atoms with Crippen LogP contribution >= 0.6 is 0 Å². The van der Waals surface area contributed by atoms with Crippen LogP contribution in [0.2, 0.25) is 0 Å². The molecule has 5 nitrogen and oxygen atoms in total. The number of nitrogens with zero attached hydrogens (tertiary/aromatic N) is 1. The summed E-state index contributed by atoms with van der Waals surface area (Å²) in [4.78, 5) is 11.4. The normalized spacial score (nSPS) is 10.6. The number of terminal acetylenes is 1. The third kappa shape index (κ3) is 4.36. The minimum Gasteiger partial charge on any atom is -0.483 e. The van der Waals surface area contributed by atoms with E-state index < -0.39 is 0 Å². The standard InChI is InChI=1S/C14H16N2O3/c1-3-9-15-14(17)10-19-13-8-6-5-7-11(13)12(4-2)16-18/h1,5-8,18H,4,9-10H2,2H3,(H,15,17)/b16-12+. The highest BCUT2D eigenvalue weighted by atomic mass is 16.5. The zero-order valence-electron chi connectivity index (χ0n) is 10.7. The summed E-state index contributed by atoms with van der Waals surface area (Å²) in [6, 6.07) is 7.07. The van der Waals surface area contributed by atoms with Crippen molar-refractivity contribution in [1.82, 2.24) is 5.32 Å². The molecule has 0 heterocycles. The minimum atomic E-state index is -0.299. The van der Waals surface area contributed by atoms with E-state index in [1.807, 2.05) is 6.92 Å². The van der Waals surface area contributed by atoms with Gasteiger partial charge in [-0.3, -0.25) is 4.79 Å². The molecule has 0 saturated carbocycles. The van der Waals surface area contributed by atoms with Gasteiger partial charge in [0, 0.05) is 5.56 Å². The first-order valence-electron chi connectivity index (χ1n) is 5.86. The Hall–Kier alpha value is -2.48. The van der Waals surface area contributed by atoms with Crippen LogP contribution in [0.25, 0.3) is 0 Å². The number of amides is 1. The van der Waals surface area contributed by atoms with Crippen molar-refractivity contribution in [2.45, 2.75) is 13.3 Å². The molecule has 0 bridgehead atoms. The summed E-state index contributed by atoms with van der Waals surface area (Å²) in [5.74, 6) is 2.50. The highest BCUT2D eigenvalue weighted by Crippen LogP contribution is 2.20. The van der Waals surface area contributed by atoms with Crippen molar-refractivity contribution in [3.05, 3.63) is 29.8 Å². The van der Waals surface area contributed by atoms with Crippen LogP contribution in [0.1, 0.15) is 18.9 Å². The van der Waals surface area contributed by atoms with Gasteiger partial charge in [0.05, 0.1) is 12.3 Å². The topological polar surface area (TPSA) is 70.9 Å². The SMILES string of the molecule is C#CCNC(=O)COc1ccccc1/C(CC)=N/O. The highest BCUT2D eigenvalue weighted by Gasteiger charge is 2.10. The molecule has 0 fully saturated rings. The third-order valence-corrected chi connectivity index (χ3v) is 2.40. The van der Waals surface area contributed by atoms with Crippen molar-refractivity contribution < 1.29 is 14.7 Å². The fourth-order valence-electron chi connectivity index (χ4n) is 1.49. The van der Waals surface area contributed by atoms with Gasteiger partial charge in [-0.25, -0.2) is 0 Å². The number of benzene rings is 1. The van der Waals surface area contributed by atoms with Gasteiger partial charge in [-0.1, -0.05) is 30.1 Å². The molecule has 0 aliphatic carbocycles. The number of oxime groups is 1.